The highest BCUT2D eigenvalue weighted by Crippen LogP contribution is 2.49. The van der Waals surface area contributed by atoms with Crippen molar-refractivity contribution in [3.8, 4) is 28.7 Å². The van der Waals surface area contributed by atoms with Crippen LogP contribution in [0.1, 0.15) is 68.7 Å². The summed E-state index contributed by atoms with van der Waals surface area (Å²) in [5.41, 5.74) is 3.64. The minimum absolute atomic E-state index is 0.0561. The first-order chi connectivity index (χ1) is 14.7. The van der Waals surface area contributed by atoms with Crippen LogP contribution in [-0.4, -0.2) is 30.0 Å². The minimum atomic E-state index is -0.197. The highest BCUT2D eigenvalue weighted by atomic mass is 16.5. The van der Waals surface area contributed by atoms with E-state index >= 15 is 0 Å². The van der Waals surface area contributed by atoms with Crippen molar-refractivity contribution in [3.63, 3.8) is 0 Å². The molecule has 5 nitrogen and oxygen atoms in total. The van der Waals surface area contributed by atoms with E-state index in [-0.39, 0.29) is 17.1 Å². The van der Waals surface area contributed by atoms with Crippen LogP contribution in [0, 0.1) is 0 Å². The average molecular weight is 425 g/mol. The van der Waals surface area contributed by atoms with Crippen LogP contribution in [0.2, 0.25) is 0 Å². The first kappa shape index (κ1) is 20.3. The average Bonchev–Trinajstić information content (AvgIpc) is 2.70. The van der Waals surface area contributed by atoms with Crippen molar-refractivity contribution in [1.82, 2.24) is 0 Å². The highest BCUT2D eigenvalue weighted by molar-refractivity contribution is 5.60. The molecule has 5 rings (SSSR count). The molecule has 0 saturated heterocycles. The van der Waals surface area contributed by atoms with Crippen LogP contribution in [0.25, 0.3) is 0 Å². The van der Waals surface area contributed by atoms with Gasteiger partial charge in [0.1, 0.15) is 39.9 Å². The Morgan fingerprint density at radius 1 is 0.903 bits per heavy atom. The molecule has 3 aliphatic rings. The van der Waals surface area contributed by atoms with Crippen LogP contribution in [0.15, 0.2) is 18.2 Å². The Kier molecular flexibility index (Phi) is 4.58. The zero-order valence-corrected chi connectivity index (χ0v) is 19.1. The molecule has 5 heteroatoms. The van der Waals surface area contributed by atoms with E-state index in [1.165, 1.54) is 0 Å². The molecule has 0 amide bonds. The van der Waals surface area contributed by atoms with Crippen molar-refractivity contribution >= 4 is 0 Å². The van der Waals surface area contributed by atoms with Crippen molar-refractivity contribution < 1.29 is 24.1 Å². The number of hydrogen-bond acceptors (Lipinski definition) is 5. The first-order valence-electron chi connectivity index (χ1n) is 11.3. The number of benzene rings is 2. The van der Waals surface area contributed by atoms with Crippen LogP contribution >= 0.6 is 0 Å². The SMILES string of the molecule is COc1c2c(cc3c1CCC(C)(C)O3)OC[C@@H](c1ccc3c(c1O)CCC(C)(C)O3)C2. The van der Waals surface area contributed by atoms with Crippen LogP contribution < -0.4 is 18.9 Å². The normalized spacial score (nSPS) is 22.7. The number of phenols is 1. The predicted molar refractivity (Wildman–Crippen MR) is 119 cm³/mol. The van der Waals surface area contributed by atoms with E-state index in [0.717, 1.165) is 77.4 Å². The summed E-state index contributed by atoms with van der Waals surface area (Å²) < 4.78 is 24.4. The lowest BCUT2D eigenvalue weighted by molar-refractivity contribution is 0.0822. The smallest absolute Gasteiger partial charge is 0.132 e. The summed E-state index contributed by atoms with van der Waals surface area (Å²) in [7, 11) is 1.72. The van der Waals surface area contributed by atoms with Crippen LogP contribution in [-0.2, 0) is 19.3 Å². The van der Waals surface area contributed by atoms with Gasteiger partial charge in [-0.05, 0) is 65.9 Å². The van der Waals surface area contributed by atoms with Gasteiger partial charge < -0.3 is 24.1 Å². The molecule has 0 aliphatic carbocycles. The van der Waals surface area contributed by atoms with Gasteiger partial charge >= 0.3 is 0 Å². The zero-order chi connectivity index (χ0) is 22.0. The number of rotatable bonds is 2. The van der Waals surface area contributed by atoms with Crippen molar-refractivity contribution in [2.75, 3.05) is 13.7 Å². The maximum Gasteiger partial charge on any atom is 0.132 e. The summed E-state index contributed by atoms with van der Waals surface area (Å²) in [4.78, 5) is 0. The fourth-order valence-electron chi connectivity index (χ4n) is 5.14. The predicted octanol–water partition coefficient (Wildman–Crippen LogP) is 5.33. The molecular weight excluding hydrogens is 392 g/mol. The second-order valence-corrected chi connectivity index (χ2v) is 10.3. The second kappa shape index (κ2) is 6.98. The second-order valence-electron chi connectivity index (χ2n) is 10.3. The van der Waals surface area contributed by atoms with Gasteiger partial charge in [0.25, 0.3) is 0 Å². The molecule has 0 fully saturated rings. The number of hydrogen-bond donors (Lipinski definition) is 1. The van der Waals surface area contributed by atoms with Crippen LogP contribution in [0.5, 0.6) is 28.7 Å². The molecule has 3 aliphatic heterocycles. The molecule has 3 heterocycles. The van der Waals surface area contributed by atoms with Gasteiger partial charge in [0, 0.05) is 34.2 Å². The highest BCUT2D eigenvalue weighted by Gasteiger charge is 2.35. The van der Waals surface area contributed by atoms with Gasteiger partial charge in [-0.3, -0.25) is 0 Å². The standard InChI is InChI=1S/C26H32O5/c1-25(2)10-8-17-20(30-25)7-6-16(23(17)27)15-12-19-21(29-14-15)13-22-18(24(19)28-5)9-11-26(3,4)31-22/h6-7,13,15,27H,8-12,14H2,1-5H3/t15-/m0/s1. The molecule has 166 valence electrons. The van der Waals surface area contributed by atoms with E-state index in [1.807, 2.05) is 18.2 Å². The molecule has 0 saturated carbocycles. The number of ether oxygens (including phenoxy) is 4. The number of methoxy groups -OCH3 is 1. The molecule has 0 spiro atoms. The number of fused-ring (bicyclic) bond motifs is 3. The lowest BCUT2D eigenvalue weighted by Crippen LogP contribution is -2.33. The zero-order valence-electron chi connectivity index (χ0n) is 19.1. The Labute approximate surface area is 184 Å². The quantitative estimate of drug-likeness (QED) is 0.706. The monoisotopic (exact) mass is 424 g/mol. The van der Waals surface area contributed by atoms with E-state index in [2.05, 4.69) is 27.7 Å². The van der Waals surface area contributed by atoms with Gasteiger partial charge in [-0.25, -0.2) is 0 Å². The first-order valence-corrected chi connectivity index (χ1v) is 11.3. The fraction of sp³-hybridized carbons (Fsp3) is 0.538. The Morgan fingerprint density at radius 2 is 1.58 bits per heavy atom. The van der Waals surface area contributed by atoms with E-state index in [1.54, 1.807) is 7.11 Å². The molecule has 0 unspecified atom stereocenters. The van der Waals surface area contributed by atoms with E-state index in [4.69, 9.17) is 18.9 Å². The summed E-state index contributed by atoms with van der Waals surface area (Å²) in [6.45, 7) is 8.91. The Balaban J connectivity index is 1.49. The van der Waals surface area contributed by atoms with Crippen LogP contribution in [0.3, 0.4) is 0 Å². The Morgan fingerprint density at radius 3 is 2.29 bits per heavy atom. The van der Waals surface area contributed by atoms with Gasteiger partial charge in [-0.1, -0.05) is 6.07 Å². The lowest BCUT2D eigenvalue weighted by Gasteiger charge is -2.36. The van der Waals surface area contributed by atoms with E-state index < -0.39 is 0 Å². The van der Waals surface area contributed by atoms with Crippen molar-refractivity contribution in [1.29, 1.82) is 0 Å². The van der Waals surface area contributed by atoms with Crippen molar-refractivity contribution in [3.05, 3.63) is 40.5 Å². The summed E-state index contributed by atoms with van der Waals surface area (Å²) in [5, 5.41) is 11.1. The molecule has 2 aromatic rings. The van der Waals surface area contributed by atoms with Gasteiger partial charge in [0.2, 0.25) is 0 Å². The molecule has 0 radical (unpaired) electrons. The van der Waals surface area contributed by atoms with Crippen LogP contribution in [0.4, 0.5) is 0 Å². The van der Waals surface area contributed by atoms with Gasteiger partial charge in [0.15, 0.2) is 0 Å². The lowest BCUT2D eigenvalue weighted by atomic mass is 9.84. The van der Waals surface area contributed by atoms with Gasteiger partial charge in [-0.2, -0.15) is 0 Å². The molecule has 31 heavy (non-hydrogen) atoms. The molecule has 2 aromatic carbocycles. The summed E-state index contributed by atoms with van der Waals surface area (Å²) >= 11 is 0. The third-order valence-corrected chi connectivity index (χ3v) is 6.94. The minimum Gasteiger partial charge on any atom is -0.507 e. The van der Waals surface area contributed by atoms with E-state index in [9.17, 15) is 5.11 Å². The topological polar surface area (TPSA) is 57.2 Å². The fourth-order valence-corrected chi connectivity index (χ4v) is 5.14. The molecular formula is C26H32O5. The molecule has 0 aromatic heterocycles. The number of aromatic hydroxyl groups is 1. The third kappa shape index (κ3) is 3.48. The summed E-state index contributed by atoms with van der Waals surface area (Å²) in [6.07, 6.45) is 4.32. The van der Waals surface area contributed by atoms with Gasteiger partial charge in [0.05, 0.1) is 13.7 Å². The van der Waals surface area contributed by atoms with E-state index in [0.29, 0.717) is 12.4 Å². The largest absolute Gasteiger partial charge is 0.507 e. The maximum atomic E-state index is 11.1. The molecule has 0 bridgehead atoms. The number of phenolic OH excluding ortho intramolecular Hbond substituents is 1. The summed E-state index contributed by atoms with van der Waals surface area (Å²) in [5.74, 6) is 3.76. The third-order valence-electron chi connectivity index (χ3n) is 6.94. The Hall–Kier alpha value is -2.56. The molecule has 1 N–H and O–H groups in total. The van der Waals surface area contributed by atoms with Gasteiger partial charge in [-0.15, -0.1) is 0 Å². The molecule has 1 atom stereocenters. The van der Waals surface area contributed by atoms with Crippen molar-refractivity contribution in [2.24, 2.45) is 0 Å². The summed E-state index contributed by atoms with van der Waals surface area (Å²) in [6, 6.07) is 6.01. The maximum absolute atomic E-state index is 11.1. The Bertz CT molecular complexity index is 1040. The van der Waals surface area contributed by atoms with Crippen molar-refractivity contribution in [2.45, 2.75) is 76.9 Å².